The summed E-state index contributed by atoms with van der Waals surface area (Å²) in [6.45, 7) is 0. The van der Waals surface area contributed by atoms with Gasteiger partial charge in [0.1, 0.15) is 0 Å². The Balaban J connectivity index is -0.000000107. The minimum Gasteiger partial charge on any atom is 4.00 e. The van der Waals surface area contributed by atoms with Gasteiger partial charge in [0.15, 0.2) is 0 Å². The molecule has 0 unspecified atom stereocenters. The molecule has 0 aliphatic carbocycles. The fraction of sp³-hybridized carbons (Fsp3) is 0. The smallest absolute Gasteiger partial charge is 4.00 e. The van der Waals surface area contributed by atoms with E-state index in [1.165, 1.54) is 0 Å². The van der Waals surface area contributed by atoms with Crippen LogP contribution < -0.4 is 13.9 Å². The summed E-state index contributed by atoms with van der Waals surface area (Å²) in [7, 11) is 0. The first kappa shape index (κ1) is 18.4. The van der Waals surface area contributed by atoms with Crippen LogP contribution in [0.1, 0.15) is 0 Å². The van der Waals surface area contributed by atoms with Gasteiger partial charge in [-0.05, 0) is 0 Å². The molecule has 0 saturated carbocycles. The van der Waals surface area contributed by atoms with E-state index < -0.39 is 37.9 Å². The molecule has 0 bridgehead atoms. The Kier molecular flexibility index (Phi) is 11.7. The molecule has 0 amide bonds. The van der Waals surface area contributed by atoms with Crippen molar-refractivity contribution in [1.82, 2.24) is 0 Å². The van der Waals surface area contributed by atoms with Gasteiger partial charge in [0.05, 0.1) is 0 Å². The predicted octanol–water partition coefficient (Wildman–Crippen LogP) is -6.37. The van der Waals surface area contributed by atoms with Gasteiger partial charge in [-0.3, -0.25) is 0 Å². The minimum atomic E-state index is -6.02. The van der Waals surface area contributed by atoms with E-state index in [0.29, 0.717) is 0 Å². The average molecular weight is 590 g/mol. The summed E-state index contributed by atoms with van der Waals surface area (Å²) < 4.78 is 69.0. The SMILES string of the molecule is O=[Te](=O)([O-])[O-].O=[Te](=O)([O-])[O-].[Pb+4]. The first-order chi connectivity index (χ1) is 4.00. The van der Waals surface area contributed by atoms with Gasteiger partial charge in [-0.25, -0.2) is 0 Å². The Labute approximate surface area is 90.3 Å². The van der Waals surface area contributed by atoms with Crippen molar-refractivity contribution in [2.45, 2.75) is 0 Å². The molecule has 8 nitrogen and oxygen atoms in total. The van der Waals surface area contributed by atoms with Crippen LogP contribution in [0.5, 0.6) is 0 Å². The van der Waals surface area contributed by atoms with Crippen molar-refractivity contribution in [2.75, 3.05) is 0 Å². The van der Waals surface area contributed by atoms with Crippen molar-refractivity contribution in [1.29, 1.82) is 0 Å². The Bertz CT molecular complexity index is 208. The van der Waals surface area contributed by atoms with Crippen LogP contribution in [0, 0.1) is 0 Å². The van der Waals surface area contributed by atoms with Crippen molar-refractivity contribution in [3.8, 4) is 0 Å². The number of hydrogen-bond acceptors (Lipinski definition) is 8. The third-order valence-electron chi connectivity index (χ3n) is 0. The largest absolute Gasteiger partial charge is 4.00 e. The van der Waals surface area contributed by atoms with Gasteiger partial charge in [0.25, 0.3) is 0 Å². The maximum atomic E-state index is 8.63. The second-order valence-corrected chi connectivity index (χ2v) is 5.48. The van der Waals surface area contributed by atoms with Crippen molar-refractivity contribution >= 4 is 65.2 Å². The van der Waals surface area contributed by atoms with E-state index in [1.54, 1.807) is 0 Å². The van der Waals surface area contributed by atoms with Gasteiger partial charge < -0.3 is 0 Å². The first-order valence-corrected chi connectivity index (χ1v) is 8.94. The van der Waals surface area contributed by atoms with Gasteiger partial charge in [-0.2, -0.15) is 0 Å². The molecule has 11 heavy (non-hydrogen) atoms. The molecule has 0 N–H and O–H groups in total. The molecule has 0 atom stereocenters. The van der Waals surface area contributed by atoms with Crippen LogP contribution in [-0.2, 0) is 12.4 Å². The molecule has 0 spiro atoms. The van der Waals surface area contributed by atoms with Crippen LogP contribution in [0.2, 0.25) is 0 Å². The molecular weight excluding hydrogens is 590 g/mol. The molecule has 0 aromatic rings. The van der Waals surface area contributed by atoms with Gasteiger partial charge in [-0.15, -0.1) is 0 Å². The van der Waals surface area contributed by atoms with E-state index >= 15 is 0 Å². The predicted molar refractivity (Wildman–Crippen MR) is 20.0 cm³/mol. The van der Waals surface area contributed by atoms with Crippen LogP contribution >= 0.6 is 0 Å². The quantitative estimate of drug-likeness (QED) is 0.252. The van der Waals surface area contributed by atoms with Crippen molar-refractivity contribution in [3.05, 3.63) is 0 Å². The fourth-order valence-electron chi connectivity index (χ4n) is 0. The van der Waals surface area contributed by atoms with Gasteiger partial charge >= 0.3 is 91.5 Å². The molecular formula is O8PbTe2. The molecule has 0 aromatic heterocycles. The van der Waals surface area contributed by atoms with E-state index in [2.05, 4.69) is 0 Å². The number of rotatable bonds is 0. The maximum absolute atomic E-state index is 8.63. The van der Waals surface area contributed by atoms with Crippen LogP contribution in [0.25, 0.3) is 0 Å². The molecule has 0 aliphatic rings. The fourth-order valence-corrected chi connectivity index (χ4v) is 0. The number of hydrogen-bond donors (Lipinski definition) is 0. The monoisotopic (exact) mass is 596 g/mol. The summed E-state index contributed by atoms with van der Waals surface area (Å²) in [6, 6.07) is 0. The third-order valence-corrected chi connectivity index (χ3v) is 0. The average Bonchev–Trinajstić information content (AvgIpc) is 1.12. The summed E-state index contributed by atoms with van der Waals surface area (Å²) in [5.74, 6) is 0. The zero-order valence-corrected chi connectivity index (χ0v) is 13.1. The van der Waals surface area contributed by atoms with E-state index in [1.807, 2.05) is 0 Å². The van der Waals surface area contributed by atoms with Crippen molar-refractivity contribution < 1.29 is 26.3 Å². The summed E-state index contributed by atoms with van der Waals surface area (Å²) in [4.78, 5) is 0. The molecule has 0 radical (unpaired) electrons. The second-order valence-electron chi connectivity index (χ2n) is 0.816. The third kappa shape index (κ3) is 442. The molecule has 0 aromatic carbocycles. The maximum Gasteiger partial charge on any atom is 4.00 e. The van der Waals surface area contributed by atoms with Crippen LogP contribution in [0.3, 0.4) is 0 Å². The summed E-state index contributed by atoms with van der Waals surface area (Å²) >= 11 is -12.0. The Hall–Kier alpha value is 1.54. The van der Waals surface area contributed by atoms with Crippen molar-refractivity contribution in [2.24, 2.45) is 0 Å². The van der Waals surface area contributed by atoms with E-state index in [4.69, 9.17) is 26.3 Å². The standard InChI is InChI=1S/2H2O4Te.Pb/c2*1-5(2,3)4;/h2*(H2,1,2,3,4);/q;;+4/p-4. The summed E-state index contributed by atoms with van der Waals surface area (Å²) in [6.07, 6.45) is 0. The molecule has 0 fully saturated rings. The molecule has 0 saturated heterocycles. The van der Waals surface area contributed by atoms with Crippen LogP contribution in [-0.4, -0.2) is 65.2 Å². The van der Waals surface area contributed by atoms with Gasteiger partial charge in [0.2, 0.25) is 0 Å². The zero-order chi connectivity index (χ0) is 9.00. The first-order valence-electron chi connectivity index (χ1n) is 1.33. The molecule has 11 heteroatoms. The molecule has 64 valence electrons. The Morgan fingerprint density at radius 3 is 0.636 bits per heavy atom. The van der Waals surface area contributed by atoms with E-state index in [0.717, 1.165) is 0 Å². The van der Waals surface area contributed by atoms with E-state index in [-0.39, 0.29) is 27.3 Å². The van der Waals surface area contributed by atoms with Crippen LogP contribution in [0.15, 0.2) is 0 Å². The minimum absolute atomic E-state index is 0. The summed E-state index contributed by atoms with van der Waals surface area (Å²) in [5, 5.41) is 0. The van der Waals surface area contributed by atoms with Crippen LogP contribution in [0.4, 0.5) is 0 Å². The summed E-state index contributed by atoms with van der Waals surface area (Å²) in [5.41, 5.74) is 0. The normalized spacial score (nSPS) is 10.5. The van der Waals surface area contributed by atoms with Crippen molar-refractivity contribution in [3.63, 3.8) is 0 Å². The second kappa shape index (κ2) is 6.99. The van der Waals surface area contributed by atoms with Gasteiger partial charge in [-0.1, -0.05) is 0 Å². The van der Waals surface area contributed by atoms with Gasteiger partial charge in [0, 0.05) is 0 Å². The molecule has 0 aliphatic heterocycles. The molecule has 0 rings (SSSR count). The zero-order valence-electron chi connectivity index (χ0n) is 4.58. The van der Waals surface area contributed by atoms with E-state index in [9.17, 15) is 0 Å². The Morgan fingerprint density at radius 1 is 0.636 bits per heavy atom. The topological polar surface area (TPSA) is 161 Å². The Morgan fingerprint density at radius 2 is 0.636 bits per heavy atom. The molecule has 0 heterocycles.